The average molecular weight is 601 g/mol. The van der Waals surface area contributed by atoms with E-state index in [0.29, 0.717) is 0 Å². The summed E-state index contributed by atoms with van der Waals surface area (Å²) in [6.07, 6.45) is 0. The van der Waals surface area contributed by atoms with Gasteiger partial charge >= 0.3 is 0 Å². The minimum absolute atomic E-state index is 0.0962. The maximum absolute atomic E-state index is 13.3. The van der Waals surface area contributed by atoms with Crippen molar-refractivity contribution in [3.63, 3.8) is 0 Å². The number of carbonyl (C=O) groups excluding carboxylic acids is 1. The second kappa shape index (κ2) is 9.65. The second-order valence-corrected chi connectivity index (χ2v) is 12.4. The molecule has 0 saturated carbocycles. The molecule has 3 heteroatoms. The predicted molar refractivity (Wildman–Crippen MR) is 190 cm³/mol. The fourth-order valence-electron chi connectivity index (χ4n) is 8.36. The summed E-state index contributed by atoms with van der Waals surface area (Å²) < 4.78 is 0. The van der Waals surface area contributed by atoms with Crippen LogP contribution in [0.4, 0.5) is 34.1 Å². The van der Waals surface area contributed by atoms with Gasteiger partial charge in [-0.2, -0.15) is 0 Å². The fraction of sp³-hybridized carbons (Fsp3) is 0.0227. The van der Waals surface area contributed by atoms with Gasteiger partial charge in [0.05, 0.1) is 28.2 Å². The van der Waals surface area contributed by atoms with E-state index in [4.69, 9.17) is 0 Å². The van der Waals surface area contributed by atoms with Crippen molar-refractivity contribution < 1.29 is 4.79 Å². The number of nitrogens with zero attached hydrogens (tertiary/aromatic N) is 2. The standard InChI is InChI=1S/C44H28N2O/c47-43-32-17-5-4-16-31(32)34-28-30(26-27-33(34)43)46-41-24-12-8-20-37(41)44(38-21-9-13-25-42(38)46)35-18-6-10-22-39(35)45(29-14-2-1-3-15-29)40-23-11-7-19-36(40)44/h1-28H. The number of hydrogen-bond acceptors (Lipinski definition) is 3. The maximum atomic E-state index is 13.3. The van der Waals surface area contributed by atoms with E-state index < -0.39 is 5.41 Å². The summed E-state index contributed by atoms with van der Waals surface area (Å²) in [6.45, 7) is 0. The van der Waals surface area contributed by atoms with Gasteiger partial charge in [0, 0.05) is 22.5 Å². The summed E-state index contributed by atoms with van der Waals surface area (Å²) in [5.74, 6) is 0.0962. The van der Waals surface area contributed by atoms with E-state index in [2.05, 4.69) is 155 Å². The van der Waals surface area contributed by atoms with Crippen molar-refractivity contribution in [2.45, 2.75) is 5.41 Å². The van der Waals surface area contributed by atoms with Crippen LogP contribution in [0.3, 0.4) is 0 Å². The summed E-state index contributed by atoms with van der Waals surface area (Å²) in [4.78, 5) is 18.1. The van der Waals surface area contributed by atoms with E-state index in [1.54, 1.807) is 0 Å². The van der Waals surface area contributed by atoms with Gasteiger partial charge in [-0.25, -0.2) is 0 Å². The van der Waals surface area contributed by atoms with Gasteiger partial charge in [-0.1, -0.05) is 115 Å². The van der Waals surface area contributed by atoms with Crippen LogP contribution in [0.2, 0.25) is 0 Å². The van der Waals surface area contributed by atoms with Crippen molar-refractivity contribution in [2.75, 3.05) is 9.80 Å². The van der Waals surface area contributed by atoms with Crippen molar-refractivity contribution in [3.8, 4) is 11.1 Å². The fourth-order valence-corrected chi connectivity index (χ4v) is 8.36. The lowest BCUT2D eigenvalue weighted by Gasteiger charge is -2.51. The summed E-state index contributed by atoms with van der Waals surface area (Å²) in [6, 6.07) is 60.4. The van der Waals surface area contributed by atoms with E-state index in [-0.39, 0.29) is 5.78 Å². The van der Waals surface area contributed by atoms with Gasteiger partial charge in [0.25, 0.3) is 0 Å². The minimum Gasteiger partial charge on any atom is -0.310 e. The molecule has 0 bridgehead atoms. The van der Waals surface area contributed by atoms with Crippen molar-refractivity contribution in [2.24, 2.45) is 0 Å². The highest BCUT2D eigenvalue weighted by Gasteiger charge is 2.51. The third kappa shape index (κ3) is 3.38. The number of hydrogen-bond donors (Lipinski definition) is 0. The molecule has 47 heavy (non-hydrogen) atoms. The molecule has 7 aromatic carbocycles. The Morgan fingerprint density at radius 2 is 0.745 bits per heavy atom. The normalized spacial score (nSPS) is 14.5. The first-order valence-corrected chi connectivity index (χ1v) is 16.1. The van der Waals surface area contributed by atoms with E-state index in [9.17, 15) is 4.79 Å². The Morgan fingerprint density at radius 3 is 1.28 bits per heavy atom. The zero-order chi connectivity index (χ0) is 31.1. The Labute approximate surface area is 273 Å². The zero-order valence-corrected chi connectivity index (χ0v) is 25.5. The highest BCUT2D eigenvalue weighted by atomic mass is 16.1. The highest BCUT2D eigenvalue weighted by molar-refractivity contribution is 6.22. The summed E-state index contributed by atoms with van der Waals surface area (Å²) in [7, 11) is 0. The van der Waals surface area contributed by atoms with Crippen LogP contribution in [0, 0.1) is 0 Å². The molecule has 0 fully saturated rings. The Balaban J connectivity index is 1.28. The molecule has 0 aromatic heterocycles. The van der Waals surface area contributed by atoms with Crippen LogP contribution in [0.5, 0.6) is 0 Å². The number of benzene rings is 7. The largest absolute Gasteiger partial charge is 0.310 e. The molecule has 7 aromatic rings. The molecule has 0 amide bonds. The second-order valence-electron chi connectivity index (χ2n) is 12.4. The van der Waals surface area contributed by atoms with E-state index in [1.165, 1.54) is 33.6 Å². The Kier molecular flexibility index (Phi) is 5.35. The molecule has 220 valence electrons. The number of carbonyl (C=O) groups is 1. The smallest absolute Gasteiger partial charge is 0.194 e. The monoisotopic (exact) mass is 600 g/mol. The van der Waals surface area contributed by atoms with Gasteiger partial charge in [0.1, 0.15) is 0 Å². The van der Waals surface area contributed by atoms with Crippen molar-refractivity contribution >= 4 is 39.9 Å². The highest BCUT2D eigenvalue weighted by Crippen LogP contribution is 2.64. The Hall–Kier alpha value is -6.19. The summed E-state index contributed by atoms with van der Waals surface area (Å²) in [5, 5.41) is 0. The van der Waals surface area contributed by atoms with Crippen LogP contribution in [-0.2, 0) is 5.41 Å². The Morgan fingerprint density at radius 1 is 0.340 bits per heavy atom. The average Bonchev–Trinajstić information content (AvgIpc) is 3.42. The lowest BCUT2D eigenvalue weighted by molar-refractivity contribution is 0.104. The Bertz CT molecular complexity index is 2310. The third-order valence-corrected chi connectivity index (χ3v) is 10.2. The van der Waals surface area contributed by atoms with Gasteiger partial charge in [-0.3, -0.25) is 4.79 Å². The van der Waals surface area contributed by atoms with Crippen LogP contribution in [0.25, 0.3) is 11.1 Å². The van der Waals surface area contributed by atoms with Gasteiger partial charge in [0.2, 0.25) is 0 Å². The molecule has 2 heterocycles. The molecule has 0 atom stereocenters. The van der Waals surface area contributed by atoms with Gasteiger partial charge < -0.3 is 9.80 Å². The zero-order valence-electron chi connectivity index (χ0n) is 25.5. The molecule has 1 spiro atoms. The topological polar surface area (TPSA) is 23.6 Å². The third-order valence-electron chi connectivity index (χ3n) is 10.2. The number of fused-ring (bicyclic) bond motifs is 11. The van der Waals surface area contributed by atoms with Crippen molar-refractivity contribution in [3.05, 3.63) is 203 Å². The molecular weight excluding hydrogens is 572 g/mol. The quantitative estimate of drug-likeness (QED) is 0.197. The maximum Gasteiger partial charge on any atom is 0.194 e. The molecule has 3 nitrogen and oxygen atoms in total. The molecular formula is C44H28N2O. The number of anilines is 6. The number of ketones is 1. The SMILES string of the molecule is O=C1c2ccccc2-c2cc(N3c4ccccc4C4(c5ccccc5N(c5ccccc5)c5ccccc54)c4ccccc43)ccc21. The van der Waals surface area contributed by atoms with E-state index >= 15 is 0 Å². The lowest BCUT2D eigenvalue weighted by Crippen LogP contribution is -2.41. The first-order chi connectivity index (χ1) is 23.3. The van der Waals surface area contributed by atoms with E-state index in [0.717, 1.165) is 45.0 Å². The van der Waals surface area contributed by atoms with Crippen molar-refractivity contribution in [1.82, 2.24) is 0 Å². The van der Waals surface area contributed by atoms with Crippen LogP contribution in [0.15, 0.2) is 170 Å². The minimum atomic E-state index is -0.568. The van der Waals surface area contributed by atoms with Gasteiger partial charge in [-0.05, 0) is 88.0 Å². The van der Waals surface area contributed by atoms with Gasteiger partial charge in [-0.15, -0.1) is 0 Å². The van der Waals surface area contributed by atoms with Crippen LogP contribution in [-0.4, -0.2) is 5.78 Å². The summed E-state index contributed by atoms with van der Waals surface area (Å²) in [5.41, 5.74) is 14.7. The van der Waals surface area contributed by atoms with Crippen LogP contribution >= 0.6 is 0 Å². The molecule has 1 aliphatic carbocycles. The number of rotatable bonds is 2. The van der Waals surface area contributed by atoms with Crippen molar-refractivity contribution in [1.29, 1.82) is 0 Å². The first kappa shape index (κ1) is 26.1. The molecule has 0 unspecified atom stereocenters. The van der Waals surface area contributed by atoms with Gasteiger partial charge in [0.15, 0.2) is 5.78 Å². The molecule has 0 N–H and O–H groups in total. The molecule has 0 saturated heterocycles. The van der Waals surface area contributed by atoms with Crippen LogP contribution < -0.4 is 9.80 Å². The first-order valence-electron chi connectivity index (χ1n) is 16.1. The van der Waals surface area contributed by atoms with Crippen LogP contribution in [0.1, 0.15) is 38.2 Å². The molecule has 2 aliphatic heterocycles. The number of para-hydroxylation sites is 5. The molecule has 3 aliphatic rings. The van der Waals surface area contributed by atoms with E-state index in [1.807, 2.05) is 24.3 Å². The lowest BCUT2D eigenvalue weighted by atomic mass is 9.60. The molecule has 0 radical (unpaired) electrons. The predicted octanol–water partition coefficient (Wildman–Crippen LogP) is 10.8. The summed E-state index contributed by atoms with van der Waals surface area (Å²) >= 11 is 0. The molecule has 10 rings (SSSR count).